The van der Waals surface area contributed by atoms with Crippen molar-refractivity contribution in [2.45, 2.75) is 4.90 Å². The van der Waals surface area contributed by atoms with E-state index in [2.05, 4.69) is 78.2 Å². The van der Waals surface area contributed by atoms with Gasteiger partial charge in [-0.25, -0.2) is 0 Å². The maximum Gasteiger partial charge on any atom is 0.212 e. The molecular weight excluding hydrogens is 352 g/mol. The van der Waals surface area contributed by atoms with Gasteiger partial charge in [0.15, 0.2) is 0 Å². The number of anilines is 1. The zero-order valence-electron chi connectivity index (χ0n) is 14.4. The molecule has 0 spiro atoms. The van der Waals surface area contributed by atoms with Crippen molar-refractivity contribution in [2.24, 2.45) is 7.05 Å². The van der Waals surface area contributed by atoms with Crippen molar-refractivity contribution in [3.05, 3.63) is 65.3 Å². The molecule has 0 radical (unpaired) electrons. The number of thioether (sulfide) groups is 1. The fraction of sp³-hybridized carbons (Fsp3) is 0.150. The second kappa shape index (κ2) is 6.98. The molecule has 1 aromatic heterocycles. The molecule has 2 aromatic carbocycles. The summed E-state index contributed by atoms with van der Waals surface area (Å²) in [5, 5.41) is 2.41. The molecule has 0 N–H and O–H groups in total. The standard InChI is InChI=1S/C20H19N2OS.ClH/c1-21-15(9-8-14-12-16(23-3)10-11-17(14)21)13-20-22(2)18-6-4-5-7-19(18)24-20;/h4-13H,1-3H3;1H/q+1;/p-1. The maximum absolute atomic E-state index is 5.32. The lowest BCUT2D eigenvalue weighted by atomic mass is 10.1. The summed E-state index contributed by atoms with van der Waals surface area (Å²) >= 11 is 1.81. The van der Waals surface area contributed by atoms with E-state index in [0.29, 0.717) is 0 Å². The Morgan fingerprint density at radius 3 is 2.64 bits per heavy atom. The number of hydrogen-bond acceptors (Lipinski definition) is 3. The minimum absolute atomic E-state index is 0. The molecule has 1 aliphatic rings. The van der Waals surface area contributed by atoms with E-state index < -0.39 is 0 Å². The van der Waals surface area contributed by atoms with Crippen LogP contribution in [0.2, 0.25) is 0 Å². The number of halogens is 1. The molecule has 0 amide bonds. The normalized spacial score (nSPS) is 14.5. The van der Waals surface area contributed by atoms with Gasteiger partial charge < -0.3 is 22.0 Å². The third-order valence-corrected chi connectivity index (χ3v) is 5.63. The van der Waals surface area contributed by atoms with Gasteiger partial charge in [0.05, 0.1) is 23.2 Å². The summed E-state index contributed by atoms with van der Waals surface area (Å²) in [6.45, 7) is 0. The zero-order valence-corrected chi connectivity index (χ0v) is 15.9. The molecular formula is C20H19ClN2OS. The highest BCUT2D eigenvalue weighted by Crippen LogP contribution is 2.45. The second-order valence-electron chi connectivity index (χ2n) is 5.85. The van der Waals surface area contributed by atoms with Gasteiger partial charge in [-0.15, -0.1) is 0 Å². The first-order valence-corrected chi connectivity index (χ1v) is 8.68. The molecule has 25 heavy (non-hydrogen) atoms. The highest BCUT2D eigenvalue weighted by Gasteiger charge is 2.22. The highest BCUT2D eigenvalue weighted by molar-refractivity contribution is 8.03. The van der Waals surface area contributed by atoms with Crippen LogP contribution in [-0.2, 0) is 7.05 Å². The molecule has 0 fully saturated rings. The summed E-state index contributed by atoms with van der Waals surface area (Å²) in [5.74, 6) is 0.884. The van der Waals surface area contributed by atoms with Crippen LogP contribution in [0.4, 0.5) is 5.69 Å². The van der Waals surface area contributed by atoms with E-state index in [1.54, 1.807) is 7.11 Å². The van der Waals surface area contributed by atoms with E-state index in [1.807, 2.05) is 17.8 Å². The van der Waals surface area contributed by atoms with Crippen molar-refractivity contribution >= 4 is 34.4 Å². The number of ether oxygens (including phenoxy) is 1. The third kappa shape index (κ3) is 3.08. The molecule has 0 atom stereocenters. The SMILES string of the molecule is COc1ccc2c(ccc(/C=C3\Sc4ccccc4N3C)[n+]2C)c1.[Cl-]. The molecule has 0 saturated heterocycles. The van der Waals surface area contributed by atoms with Crippen molar-refractivity contribution in [3.63, 3.8) is 0 Å². The number of hydrogen-bond donors (Lipinski definition) is 0. The number of para-hydroxylation sites is 1. The van der Waals surface area contributed by atoms with Crippen LogP contribution >= 0.6 is 11.8 Å². The molecule has 4 rings (SSSR count). The topological polar surface area (TPSA) is 16.4 Å². The third-order valence-electron chi connectivity index (χ3n) is 4.46. The number of rotatable bonds is 2. The number of aromatic nitrogens is 1. The quantitative estimate of drug-likeness (QED) is 0.631. The monoisotopic (exact) mass is 370 g/mol. The lowest BCUT2D eigenvalue weighted by molar-refractivity contribution is -0.646. The van der Waals surface area contributed by atoms with Crippen LogP contribution in [-0.4, -0.2) is 14.2 Å². The van der Waals surface area contributed by atoms with Crippen molar-refractivity contribution < 1.29 is 21.7 Å². The van der Waals surface area contributed by atoms with Crippen molar-refractivity contribution in [1.82, 2.24) is 0 Å². The van der Waals surface area contributed by atoms with Crippen molar-refractivity contribution in [1.29, 1.82) is 0 Å². The highest BCUT2D eigenvalue weighted by atomic mass is 35.5. The lowest BCUT2D eigenvalue weighted by Gasteiger charge is -2.12. The van der Waals surface area contributed by atoms with Crippen molar-refractivity contribution in [3.8, 4) is 5.75 Å². The Hall–Kier alpha value is -2.17. The van der Waals surface area contributed by atoms with E-state index in [9.17, 15) is 0 Å². The molecule has 5 heteroatoms. The smallest absolute Gasteiger partial charge is 0.212 e. The Morgan fingerprint density at radius 2 is 1.88 bits per heavy atom. The summed E-state index contributed by atoms with van der Waals surface area (Å²) < 4.78 is 7.54. The molecule has 0 bridgehead atoms. The Morgan fingerprint density at radius 1 is 1.08 bits per heavy atom. The molecule has 128 valence electrons. The van der Waals surface area contributed by atoms with E-state index in [4.69, 9.17) is 4.74 Å². The molecule has 0 saturated carbocycles. The molecule has 3 aromatic rings. The Balaban J connectivity index is 0.00000182. The molecule has 0 unspecified atom stereocenters. The summed E-state index contributed by atoms with van der Waals surface area (Å²) in [6, 6.07) is 19.0. The van der Waals surface area contributed by atoms with Gasteiger partial charge in [0.2, 0.25) is 11.2 Å². The number of fused-ring (bicyclic) bond motifs is 2. The Bertz CT molecular complexity index is 971. The van der Waals surface area contributed by atoms with Gasteiger partial charge in [0, 0.05) is 30.2 Å². The first-order chi connectivity index (χ1) is 11.7. The molecule has 2 heterocycles. The van der Waals surface area contributed by atoms with Crippen LogP contribution in [0.1, 0.15) is 5.69 Å². The largest absolute Gasteiger partial charge is 1.00 e. The fourth-order valence-corrected chi connectivity index (χ4v) is 4.14. The van der Waals surface area contributed by atoms with Crippen LogP contribution in [0.15, 0.2) is 64.5 Å². The van der Waals surface area contributed by atoms with E-state index >= 15 is 0 Å². The number of benzene rings is 2. The Labute approximate surface area is 158 Å². The van der Waals surface area contributed by atoms with Gasteiger partial charge in [-0.3, -0.25) is 0 Å². The lowest BCUT2D eigenvalue weighted by Crippen LogP contribution is -3.00. The predicted octanol–water partition coefficient (Wildman–Crippen LogP) is 1.22. The van der Waals surface area contributed by atoms with E-state index in [-0.39, 0.29) is 12.4 Å². The van der Waals surface area contributed by atoms with Gasteiger partial charge >= 0.3 is 0 Å². The van der Waals surface area contributed by atoms with Gasteiger partial charge in [0.1, 0.15) is 12.8 Å². The number of pyridine rings is 1. The van der Waals surface area contributed by atoms with Gasteiger partial charge in [0.25, 0.3) is 0 Å². The average Bonchev–Trinajstić information content (AvgIpc) is 2.93. The van der Waals surface area contributed by atoms with Crippen LogP contribution in [0.5, 0.6) is 5.75 Å². The summed E-state index contributed by atoms with van der Waals surface area (Å²) in [6.07, 6.45) is 2.24. The van der Waals surface area contributed by atoms with Gasteiger partial charge in [-0.1, -0.05) is 23.9 Å². The average molecular weight is 371 g/mol. The molecule has 1 aliphatic heterocycles. The summed E-state index contributed by atoms with van der Waals surface area (Å²) in [5.41, 5.74) is 3.63. The van der Waals surface area contributed by atoms with Gasteiger partial charge in [-0.05, 0) is 30.3 Å². The van der Waals surface area contributed by atoms with Crippen LogP contribution in [0.3, 0.4) is 0 Å². The predicted molar refractivity (Wildman–Crippen MR) is 100 cm³/mol. The maximum atomic E-state index is 5.32. The van der Waals surface area contributed by atoms with Crippen LogP contribution in [0.25, 0.3) is 17.0 Å². The number of methoxy groups -OCH3 is 1. The number of aryl methyl sites for hydroxylation is 1. The first kappa shape index (κ1) is 17.6. The number of nitrogens with zero attached hydrogens (tertiary/aromatic N) is 2. The van der Waals surface area contributed by atoms with E-state index in [0.717, 1.165) is 5.75 Å². The van der Waals surface area contributed by atoms with Gasteiger partial charge in [-0.2, -0.15) is 4.57 Å². The van der Waals surface area contributed by atoms with Crippen LogP contribution in [0, 0.1) is 0 Å². The summed E-state index contributed by atoms with van der Waals surface area (Å²) in [7, 11) is 5.93. The van der Waals surface area contributed by atoms with Crippen molar-refractivity contribution in [2.75, 3.05) is 19.1 Å². The minimum atomic E-state index is 0. The second-order valence-corrected chi connectivity index (χ2v) is 6.92. The Kier molecular flexibility index (Phi) is 4.93. The zero-order chi connectivity index (χ0) is 16.7. The fourth-order valence-electron chi connectivity index (χ4n) is 3.04. The minimum Gasteiger partial charge on any atom is -1.00 e. The molecule has 3 nitrogen and oxygen atoms in total. The first-order valence-electron chi connectivity index (χ1n) is 7.86. The summed E-state index contributed by atoms with van der Waals surface area (Å²) in [4.78, 5) is 3.55. The molecule has 0 aliphatic carbocycles. The van der Waals surface area contributed by atoms with Crippen LogP contribution < -0.4 is 26.6 Å². The van der Waals surface area contributed by atoms with E-state index in [1.165, 1.54) is 32.2 Å².